The number of carbonyl (C=O) groups is 2. The Morgan fingerprint density at radius 1 is 1.47 bits per heavy atom. The number of benzene rings is 1. The van der Waals surface area contributed by atoms with Crippen LogP contribution in [-0.4, -0.2) is 11.7 Å². The minimum absolute atomic E-state index is 0.0508. The fourth-order valence-electron chi connectivity index (χ4n) is 0.979. The van der Waals surface area contributed by atoms with Crippen LogP contribution in [0.15, 0.2) is 18.2 Å². The Morgan fingerprint density at radius 2 is 2.13 bits per heavy atom. The summed E-state index contributed by atoms with van der Waals surface area (Å²) in [6.07, 6.45) is 0. The summed E-state index contributed by atoms with van der Waals surface area (Å²) in [5, 5.41) is 2.66. The molecule has 5 heteroatoms. The van der Waals surface area contributed by atoms with E-state index in [4.69, 9.17) is 11.6 Å². The van der Waals surface area contributed by atoms with Crippen molar-refractivity contribution in [1.82, 2.24) is 5.32 Å². The Bertz CT molecular complexity index is 406. The Labute approximate surface area is 91.2 Å². The highest BCUT2D eigenvalue weighted by Crippen LogP contribution is 2.14. The van der Waals surface area contributed by atoms with Crippen molar-refractivity contribution in [3.05, 3.63) is 34.6 Å². The van der Waals surface area contributed by atoms with Crippen molar-refractivity contribution in [1.29, 1.82) is 0 Å². The molecule has 0 aliphatic heterocycles. The van der Waals surface area contributed by atoms with Crippen molar-refractivity contribution in [2.75, 3.05) is 0 Å². The molecule has 3 nitrogen and oxygen atoms in total. The smallest absolute Gasteiger partial charge is 0.287 e. The van der Waals surface area contributed by atoms with Gasteiger partial charge in [-0.3, -0.25) is 9.59 Å². The molecule has 80 valence electrons. The zero-order chi connectivity index (χ0) is 11.4. The van der Waals surface area contributed by atoms with E-state index in [1.165, 1.54) is 18.2 Å². The molecule has 0 fully saturated rings. The average molecular weight is 230 g/mol. The second-order valence-electron chi connectivity index (χ2n) is 2.97. The summed E-state index contributed by atoms with van der Waals surface area (Å²) in [6, 6.07) is 4.02. The molecule has 0 unspecified atom stereocenters. The predicted octanol–water partition coefficient (Wildman–Crippen LogP) is 1.68. The van der Waals surface area contributed by atoms with Gasteiger partial charge in [0.25, 0.3) is 5.91 Å². The van der Waals surface area contributed by atoms with Gasteiger partial charge in [0.2, 0.25) is 5.78 Å². The normalized spacial score (nSPS) is 9.80. The quantitative estimate of drug-likeness (QED) is 0.802. The molecule has 0 saturated carbocycles. The van der Waals surface area contributed by atoms with Gasteiger partial charge in [-0.25, -0.2) is 4.39 Å². The topological polar surface area (TPSA) is 46.2 Å². The second kappa shape index (κ2) is 4.89. The largest absolute Gasteiger partial charge is 0.345 e. The SMILES string of the molecule is CC(=O)C(=O)NCc1cc(Cl)ccc1F. The maximum Gasteiger partial charge on any atom is 0.287 e. The van der Waals surface area contributed by atoms with Gasteiger partial charge in [0, 0.05) is 24.1 Å². The molecule has 15 heavy (non-hydrogen) atoms. The summed E-state index contributed by atoms with van der Waals surface area (Å²) >= 11 is 5.65. The van der Waals surface area contributed by atoms with Gasteiger partial charge in [0.15, 0.2) is 0 Å². The zero-order valence-electron chi connectivity index (χ0n) is 8.01. The highest BCUT2D eigenvalue weighted by atomic mass is 35.5. The third kappa shape index (κ3) is 3.32. The number of halogens is 2. The molecule has 0 aliphatic carbocycles. The fourth-order valence-corrected chi connectivity index (χ4v) is 1.17. The first kappa shape index (κ1) is 11.7. The van der Waals surface area contributed by atoms with Crippen molar-refractivity contribution in [3.8, 4) is 0 Å². The van der Waals surface area contributed by atoms with Gasteiger partial charge in [0.05, 0.1) is 0 Å². The molecular formula is C10H9ClFNO2. The number of nitrogens with one attached hydrogen (secondary N) is 1. The highest BCUT2D eigenvalue weighted by molar-refractivity contribution is 6.35. The van der Waals surface area contributed by atoms with Crippen molar-refractivity contribution < 1.29 is 14.0 Å². The third-order valence-electron chi connectivity index (χ3n) is 1.77. The van der Waals surface area contributed by atoms with E-state index in [1.807, 2.05) is 0 Å². The second-order valence-corrected chi connectivity index (χ2v) is 3.41. The van der Waals surface area contributed by atoms with E-state index in [0.717, 1.165) is 6.92 Å². The van der Waals surface area contributed by atoms with E-state index in [2.05, 4.69) is 5.32 Å². The zero-order valence-corrected chi connectivity index (χ0v) is 8.77. The van der Waals surface area contributed by atoms with Crippen LogP contribution in [-0.2, 0) is 16.1 Å². The Hall–Kier alpha value is -1.42. The van der Waals surface area contributed by atoms with Crippen molar-refractivity contribution in [2.24, 2.45) is 0 Å². The van der Waals surface area contributed by atoms with Crippen LogP contribution >= 0.6 is 11.6 Å². The molecule has 1 N–H and O–H groups in total. The van der Waals surface area contributed by atoms with Crippen LogP contribution in [0.25, 0.3) is 0 Å². The lowest BCUT2D eigenvalue weighted by Gasteiger charge is -2.04. The summed E-state index contributed by atoms with van der Waals surface area (Å²) in [4.78, 5) is 21.5. The molecule has 1 amide bonds. The number of carbonyl (C=O) groups excluding carboxylic acids is 2. The maximum absolute atomic E-state index is 13.1. The molecule has 0 radical (unpaired) electrons. The first-order chi connectivity index (χ1) is 7.00. The van der Waals surface area contributed by atoms with Gasteiger partial charge in [-0.1, -0.05) is 11.6 Å². The monoisotopic (exact) mass is 229 g/mol. The van der Waals surface area contributed by atoms with Crippen molar-refractivity contribution in [3.63, 3.8) is 0 Å². The minimum Gasteiger partial charge on any atom is -0.345 e. The molecule has 0 aromatic heterocycles. The van der Waals surface area contributed by atoms with Gasteiger partial charge in [-0.05, 0) is 18.2 Å². The molecule has 0 heterocycles. The highest BCUT2D eigenvalue weighted by Gasteiger charge is 2.08. The predicted molar refractivity (Wildman–Crippen MR) is 53.9 cm³/mol. The van der Waals surface area contributed by atoms with Gasteiger partial charge in [0.1, 0.15) is 5.82 Å². The molecule has 0 aliphatic rings. The van der Waals surface area contributed by atoms with Gasteiger partial charge < -0.3 is 5.32 Å². The van der Waals surface area contributed by atoms with Crippen molar-refractivity contribution >= 4 is 23.3 Å². The van der Waals surface area contributed by atoms with E-state index in [9.17, 15) is 14.0 Å². The van der Waals surface area contributed by atoms with E-state index in [1.54, 1.807) is 0 Å². The summed E-state index contributed by atoms with van der Waals surface area (Å²) in [7, 11) is 0. The number of amides is 1. The lowest BCUT2D eigenvalue weighted by Crippen LogP contribution is -2.28. The molecule has 0 saturated heterocycles. The molecule has 0 atom stereocenters. The molecule has 1 aromatic rings. The first-order valence-electron chi connectivity index (χ1n) is 4.23. The van der Waals surface area contributed by atoms with E-state index in [0.29, 0.717) is 5.02 Å². The van der Waals surface area contributed by atoms with Crippen LogP contribution in [0.2, 0.25) is 5.02 Å². The molecule has 0 spiro atoms. The molecule has 1 aromatic carbocycles. The van der Waals surface area contributed by atoms with E-state index >= 15 is 0 Å². The average Bonchev–Trinajstić information content (AvgIpc) is 2.18. The number of rotatable bonds is 3. The Kier molecular flexibility index (Phi) is 3.80. The van der Waals surface area contributed by atoms with Gasteiger partial charge in [-0.2, -0.15) is 0 Å². The standard InChI is InChI=1S/C10H9ClFNO2/c1-6(14)10(15)13-5-7-4-8(11)2-3-9(7)12/h2-4H,5H2,1H3,(H,13,15). The number of hydrogen-bond acceptors (Lipinski definition) is 2. The fraction of sp³-hybridized carbons (Fsp3) is 0.200. The number of ketones is 1. The van der Waals surface area contributed by atoms with Crippen LogP contribution < -0.4 is 5.32 Å². The van der Waals surface area contributed by atoms with Crippen LogP contribution in [0.3, 0.4) is 0 Å². The summed E-state index contributed by atoms with van der Waals surface area (Å²) in [5.74, 6) is -1.82. The lowest BCUT2D eigenvalue weighted by molar-refractivity contribution is -0.136. The van der Waals surface area contributed by atoms with Crippen LogP contribution in [0, 0.1) is 5.82 Å². The summed E-state index contributed by atoms with van der Waals surface area (Å²) in [6.45, 7) is 1.09. The van der Waals surface area contributed by atoms with Gasteiger partial charge >= 0.3 is 0 Å². The molecular weight excluding hydrogens is 221 g/mol. The van der Waals surface area contributed by atoms with E-state index < -0.39 is 17.5 Å². The molecule has 1 rings (SSSR count). The Morgan fingerprint density at radius 3 is 2.73 bits per heavy atom. The lowest BCUT2D eigenvalue weighted by atomic mass is 10.2. The summed E-state index contributed by atoms with van der Waals surface area (Å²) in [5.41, 5.74) is 0.247. The van der Waals surface area contributed by atoms with Crippen LogP contribution in [0.1, 0.15) is 12.5 Å². The number of hydrogen-bond donors (Lipinski definition) is 1. The Balaban J connectivity index is 2.69. The van der Waals surface area contributed by atoms with Crippen LogP contribution in [0.5, 0.6) is 0 Å². The third-order valence-corrected chi connectivity index (χ3v) is 2.00. The molecule has 0 bridgehead atoms. The maximum atomic E-state index is 13.1. The number of Topliss-reactive ketones (excluding diaryl/α,β-unsaturated/α-hetero) is 1. The first-order valence-corrected chi connectivity index (χ1v) is 4.61. The minimum atomic E-state index is -0.741. The van der Waals surface area contributed by atoms with Crippen molar-refractivity contribution in [2.45, 2.75) is 13.5 Å². The van der Waals surface area contributed by atoms with E-state index in [-0.39, 0.29) is 12.1 Å². The summed E-state index contributed by atoms with van der Waals surface area (Å²) < 4.78 is 13.1. The van der Waals surface area contributed by atoms with Gasteiger partial charge in [-0.15, -0.1) is 0 Å². The van der Waals surface area contributed by atoms with Crippen LogP contribution in [0.4, 0.5) is 4.39 Å².